The molecule has 1 aromatic rings. The van der Waals surface area contributed by atoms with Crippen molar-refractivity contribution in [1.29, 1.82) is 0 Å². The first-order valence-corrected chi connectivity index (χ1v) is 8.12. The minimum absolute atomic E-state index is 0.441. The molecule has 0 saturated heterocycles. The highest BCUT2D eigenvalue weighted by atomic mass is 35.5. The molecule has 1 heterocycles. The Kier molecular flexibility index (Phi) is 5.07. The maximum absolute atomic E-state index is 6.05. The van der Waals surface area contributed by atoms with Crippen LogP contribution >= 0.6 is 22.9 Å². The van der Waals surface area contributed by atoms with Gasteiger partial charge >= 0.3 is 0 Å². The van der Waals surface area contributed by atoms with Crippen molar-refractivity contribution in [3.63, 3.8) is 0 Å². The number of nitrogens with zero attached hydrogens (tertiary/aromatic N) is 1. The Hall–Kier alpha value is -0.0900. The fourth-order valence-electron chi connectivity index (χ4n) is 3.26. The van der Waals surface area contributed by atoms with Crippen LogP contribution in [0.3, 0.4) is 0 Å². The van der Waals surface area contributed by atoms with E-state index < -0.39 is 0 Å². The second kappa shape index (κ2) is 6.38. The highest BCUT2D eigenvalue weighted by molar-refractivity contribution is 7.14. The van der Waals surface area contributed by atoms with Gasteiger partial charge in [-0.2, -0.15) is 0 Å². The van der Waals surface area contributed by atoms with Crippen molar-refractivity contribution in [2.45, 2.75) is 45.2 Å². The summed E-state index contributed by atoms with van der Waals surface area (Å²) in [5.41, 5.74) is 7.26. The molecule has 0 bridgehead atoms. The van der Waals surface area contributed by atoms with Crippen LogP contribution in [0.2, 0.25) is 4.34 Å². The van der Waals surface area contributed by atoms with E-state index in [0.717, 1.165) is 17.4 Å². The van der Waals surface area contributed by atoms with Gasteiger partial charge in [0.2, 0.25) is 0 Å². The smallest absolute Gasteiger partial charge is 0.0931 e. The second-order valence-corrected chi connectivity index (χ2v) is 6.73. The molecule has 3 atom stereocenters. The van der Waals surface area contributed by atoms with Crippen molar-refractivity contribution in [3.05, 3.63) is 21.3 Å². The number of halogens is 1. The Labute approximate surface area is 119 Å². The van der Waals surface area contributed by atoms with Gasteiger partial charge in [-0.25, -0.2) is 0 Å². The van der Waals surface area contributed by atoms with E-state index in [1.54, 1.807) is 11.3 Å². The Morgan fingerprint density at radius 2 is 2.33 bits per heavy atom. The lowest BCUT2D eigenvalue weighted by atomic mass is 9.99. The van der Waals surface area contributed by atoms with Gasteiger partial charge in [0.15, 0.2) is 0 Å². The van der Waals surface area contributed by atoms with Gasteiger partial charge in [0.05, 0.1) is 4.34 Å². The van der Waals surface area contributed by atoms with Crippen LogP contribution in [0.5, 0.6) is 0 Å². The Balaban J connectivity index is 2.12. The third-order valence-corrected chi connectivity index (χ3v) is 5.39. The summed E-state index contributed by atoms with van der Waals surface area (Å²) >= 11 is 7.67. The van der Waals surface area contributed by atoms with Crippen molar-refractivity contribution in [2.75, 3.05) is 13.1 Å². The van der Waals surface area contributed by atoms with Gasteiger partial charge in [0.25, 0.3) is 0 Å². The molecule has 2 rings (SSSR count). The quantitative estimate of drug-likeness (QED) is 0.889. The lowest BCUT2D eigenvalue weighted by Crippen LogP contribution is -2.41. The topological polar surface area (TPSA) is 29.3 Å². The van der Waals surface area contributed by atoms with Crippen LogP contribution in [0.25, 0.3) is 0 Å². The van der Waals surface area contributed by atoms with Crippen LogP contribution in [0.4, 0.5) is 0 Å². The summed E-state index contributed by atoms with van der Waals surface area (Å²) in [5, 5.41) is 2.18. The molecule has 1 aliphatic rings. The molecule has 1 aromatic heterocycles. The lowest BCUT2D eigenvalue weighted by Gasteiger charge is -2.36. The third-order valence-electron chi connectivity index (χ3n) is 4.28. The van der Waals surface area contributed by atoms with Gasteiger partial charge in [0.1, 0.15) is 0 Å². The van der Waals surface area contributed by atoms with E-state index in [9.17, 15) is 0 Å². The molecular formula is C14H23ClN2S. The minimum Gasteiger partial charge on any atom is -0.330 e. The maximum Gasteiger partial charge on any atom is 0.0931 e. The van der Waals surface area contributed by atoms with Crippen molar-refractivity contribution in [1.82, 2.24) is 4.90 Å². The molecule has 2 N–H and O–H groups in total. The van der Waals surface area contributed by atoms with Gasteiger partial charge in [-0.1, -0.05) is 24.9 Å². The van der Waals surface area contributed by atoms with Gasteiger partial charge in [-0.15, -0.1) is 11.3 Å². The largest absolute Gasteiger partial charge is 0.330 e. The molecular weight excluding hydrogens is 264 g/mol. The van der Waals surface area contributed by atoms with Crippen LogP contribution in [0.15, 0.2) is 11.4 Å². The van der Waals surface area contributed by atoms with Crippen molar-refractivity contribution in [2.24, 2.45) is 11.7 Å². The van der Waals surface area contributed by atoms with E-state index in [4.69, 9.17) is 17.3 Å². The highest BCUT2D eigenvalue weighted by Gasteiger charge is 2.33. The van der Waals surface area contributed by atoms with E-state index >= 15 is 0 Å². The second-order valence-electron chi connectivity index (χ2n) is 5.18. The van der Waals surface area contributed by atoms with E-state index in [1.807, 2.05) is 0 Å². The van der Waals surface area contributed by atoms with Crippen LogP contribution in [-0.2, 0) is 0 Å². The first kappa shape index (κ1) is 14.3. The van der Waals surface area contributed by atoms with Crippen molar-refractivity contribution in [3.8, 4) is 0 Å². The number of nitrogens with two attached hydrogens (primary N) is 1. The summed E-state index contributed by atoms with van der Waals surface area (Å²) in [6, 6.07) is 3.19. The van der Waals surface area contributed by atoms with Crippen LogP contribution in [-0.4, -0.2) is 24.0 Å². The molecule has 18 heavy (non-hydrogen) atoms. The fraction of sp³-hybridized carbons (Fsp3) is 0.714. The van der Waals surface area contributed by atoms with Gasteiger partial charge in [-0.3, -0.25) is 4.90 Å². The number of hydrogen-bond donors (Lipinski definition) is 1. The van der Waals surface area contributed by atoms with E-state index in [1.165, 1.54) is 24.8 Å². The molecule has 0 aliphatic heterocycles. The summed E-state index contributed by atoms with van der Waals surface area (Å²) in [4.78, 5) is 2.60. The minimum atomic E-state index is 0.441. The third kappa shape index (κ3) is 2.90. The fourth-order valence-corrected chi connectivity index (χ4v) is 4.24. The maximum atomic E-state index is 6.05. The standard InChI is InChI=1S/C14H23ClN2S/c1-3-17(13-6-4-5-11(13)8-16)10(2)12-7-14(15)18-9-12/h7,9-11,13H,3-6,8,16H2,1-2H3. The molecule has 0 spiro atoms. The highest BCUT2D eigenvalue weighted by Crippen LogP contribution is 2.36. The number of hydrogen-bond acceptors (Lipinski definition) is 3. The SMILES string of the molecule is CCN(C(C)c1csc(Cl)c1)C1CCCC1CN. The summed E-state index contributed by atoms with van der Waals surface area (Å²) in [6.45, 7) is 6.43. The van der Waals surface area contributed by atoms with E-state index in [2.05, 4.69) is 30.2 Å². The van der Waals surface area contributed by atoms with E-state index in [-0.39, 0.29) is 0 Å². The first-order chi connectivity index (χ1) is 8.67. The predicted octanol–water partition coefficient (Wildman–Crippen LogP) is 3.91. The Morgan fingerprint density at radius 3 is 2.89 bits per heavy atom. The Morgan fingerprint density at radius 1 is 1.56 bits per heavy atom. The molecule has 2 nitrogen and oxygen atoms in total. The van der Waals surface area contributed by atoms with Crippen LogP contribution in [0, 0.1) is 5.92 Å². The molecule has 0 amide bonds. The molecule has 0 aromatic carbocycles. The summed E-state index contributed by atoms with van der Waals surface area (Å²) in [6.07, 6.45) is 3.90. The number of thiophene rings is 1. The van der Waals surface area contributed by atoms with Gasteiger partial charge in [0, 0.05) is 12.1 Å². The van der Waals surface area contributed by atoms with Crippen LogP contribution in [0.1, 0.15) is 44.7 Å². The Bertz CT molecular complexity index is 380. The molecule has 102 valence electrons. The zero-order valence-electron chi connectivity index (χ0n) is 11.2. The normalized spacial score (nSPS) is 25.8. The monoisotopic (exact) mass is 286 g/mol. The molecule has 1 fully saturated rings. The molecule has 0 radical (unpaired) electrons. The van der Waals surface area contributed by atoms with Gasteiger partial charge < -0.3 is 5.73 Å². The van der Waals surface area contributed by atoms with Crippen molar-refractivity contribution < 1.29 is 0 Å². The zero-order valence-corrected chi connectivity index (χ0v) is 12.8. The summed E-state index contributed by atoms with van der Waals surface area (Å²) in [5.74, 6) is 0.668. The van der Waals surface area contributed by atoms with Crippen molar-refractivity contribution >= 4 is 22.9 Å². The molecule has 4 heteroatoms. The molecule has 1 saturated carbocycles. The number of rotatable bonds is 5. The molecule has 3 unspecified atom stereocenters. The summed E-state index contributed by atoms with van der Waals surface area (Å²) < 4.78 is 0.884. The predicted molar refractivity (Wildman–Crippen MR) is 80.3 cm³/mol. The lowest BCUT2D eigenvalue weighted by molar-refractivity contribution is 0.123. The average molecular weight is 287 g/mol. The first-order valence-electron chi connectivity index (χ1n) is 6.87. The summed E-state index contributed by atoms with van der Waals surface area (Å²) in [7, 11) is 0. The molecule has 1 aliphatic carbocycles. The average Bonchev–Trinajstić information content (AvgIpc) is 2.98. The zero-order chi connectivity index (χ0) is 13.1. The van der Waals surface area contributed by atoms with E-state index in [0.29, 0.717) is 18.0 Å². The van der Waals surface area contributed by atoms with Gasteiger partial charge in [-0.05, 0) is 55.8 Å². The van der Waals surface area contributed by atoms with Crippen LogP contribution < -0.4 is 5.73 Å².